The third-order valence-electron chi connectivity index (χ3n) is 8.37. The predicted molar refractivity (Wildman–Crippen MR) is 182 cm³/mol. The van der Waals surface area contributed by atoms with Gasteiger partial charge in [0, 0.05) is 29.9 Å². The van der Waals surface area contributed by atoms with Crippen molar-refractivity contribution < 1.29 is 33.7 Å². The molecule has 0 bridgehead atoms. The molecule has 4 aromatic carbocycles. The summed E-state index contributed by atoms with van der Waals surface area (Å²) in [5.41, 5.74) is 4.71. The zero-order valence-electron chi connectivity index (χ0n) is 26.7. The predicted octanol–water partition coefficient (Wildman–Crippen LogP) is 7.85. The van der Waals surface area contributed by atoms with E-state index in [0.717, 1.165) is 17.7 Å². The van der Waals surface area contributed by atoms with Crippen molar-refractivity contribution in [3.05, 3.63) is 138 Å². The van der Waals surface area contributed by atoms with Gasteiger partial charge in [0.2, 0.25) is 0 Å². The van der Waals surface area contributed by atoms with Crippen molar-refractivity contribution in [2.75, 3.05) is 5.32 Å². The lowest BCUT2D eigenvalue weighted by Gasteiger charge is -2.23. The van der Waals surface area contributed by atoms with Crippen LogP contribution < -0.4 is 5.32 Å². The number of anilines is 1. The van der Waals surface area contributed by atoms with E-state index < -0.39 is 35.7 Å². The molecule has 9 heteroatoms. The van der Waals surface area contributed by atoms with E-state index in [0.29, 0.717) is 33.8 Å². The van der Waals surface area contributed by atoms with Gasteiger partial charge in [-0.3, -0.25) is 9.59 Å². The molecule has 0 saturated heterocycles. The molecule has 1 aromatic heterocycles. The van der Waals surface area contributed by atoms with E-state index in [9.17, 15) is 33.7 Å². The number of hydrogen-bond donors (Lipinski definition) is 4. The van der Waals surface area contributed by atoms with E-state index in [-0.39, 0.29) is 36.8 Å². The minimum absolute atomic E-state index is 0.101. The number of amides is 1. The maximum atomic E-state index is 14.2. The van der Waals surface area contributed by atoms with E-state index in [4.69, 9.17) is 0 Å². The normalized spacial score (nSPS) is 13.2. The summed E-state index contributed by atoms with van der Waals surface area (Å²) in [6.07, 6.45) is -2.75. The van der Waals surface area contributed by atoms with Gasteiger partial charge in [0.25, 0.3) is 5.91 Å². The van der Waals surface area contributed by atoms with Crippen molar-refractivity contribution in [1.29, 1.82) is 0 Å². The number of halogens is 2. The van der Waals surface area contributed by atoms with E-state index in [1.807, 2.05) is 66.9 Å². The van der Waals surface area contributed by atoms with Crippen LogP contribution in [0.2, 0.25) is 0 Å². The summed E-state index contributed by atoms with van der Waals surface area (Å²) >= 11 is 0. The number of benzene rings is 4. The highest BCUT2D eigenvalue weighted by Crippen LogP contribution is 2.42. The van der Waals surface area contributed by atoms with Gasteiger partial charge in [-0.2, -0.15) is 0 Å². The number of carboxylic acid groups (broad SMARTS) is 1. The standard InChI is InChI=1S/C39H38F2N2O5/c1-24(2)36-35(38(46)42-30-11-7-4-8-12-30)34(25-9-5-3-6-10-25)37(27-15-19-29(41)20-16-27)43(36)22-21-31(44)23-32(45)33(39(47)48)26-13-17-28(40)18-14-26/h3-20,24,31-33,44-45H,21-23H2,1-2H3,(H,42,46)(H,47,48)/t31-,32-,33-/m1/s1. The number of carboxylic acids is 1. The number of aromatic nitrogens is 1. The first-order valence-corrected chi connectivity index (χ1v) is 15.8. The molecule has 5 rings (SSSR count). The summed E-state index contributed by atoms with van der Waals surface area (Å²) in [6, 6.07) is 29.4. The van der Waals surface area contributed by atoms with Gasteiger partial charge >= 0.3 is 5.97 Å². The number of aliphatic hydroxyl groups excluding tert-OH is 2. The summed E-state index contributed by atoms with van der Waals surface area (Å²) in [5, 5.41) is 35.0. The van der Waals surface area contributed by atoms with Gasteiger partial charge in [0.05, 0.1) is 23.5 Å². The molecule has 7 nitrogen and oxygen atoms in total. The summed E-state index contributed by atoms with van der Waals surface area (Å²) in [5.74, 6) is -4.11. The molecule has 5 aromatic rings. The van der Waals surface area contributed by atoms with Gasteiger partial charge in [0.1, 0.15) is 17.6 Å². The topological polar surface area (TPSA) is 112 Å². The molecule has 248 valence electrons. The minimum Gasteiger partial charge on any atom is -0.481 e. The zero-order valence-corrected chi connectivity index (χ0v) is 26.7. The number of carbonyl (C=O) groups is 2. The number of aliphatic carboxylic acids is 1. The maximum Gasteiger partial charge on any atom is 0.313 e. The molecule has 0 unspecified atom stereocenters. The monoisotopic (exact) mass is 652 g/mol. The molecule has 0 aliphatic rings. The molecule has 0 saturated carbocycles. The van der Waals surface area contributed by atoms with Crippen LogP contribution in [0.25, 0.3) is 22.4 Å². The first-order valence-electron chi connectivity index (χ1n) is 15.8. The Bertz CT molecular complexity index is 1840. The number of aliphatic hydroxyl groups is 2. The van der Waals surface area contributed by atoms with E-state index in [2.05, 4.69) is 5.32 Å². The molecule has 48 heavy (non-hydrogen) atoms. The number of para-hydroxylation sites is 1. The highest BCUT2D eigenvalue weighted by molar-refractivity contribution is 6.12. The fourth-order valence-electron chi connectivity index (χ4n) is 6.22. The molecule has 3 atom stereocenters. The van der Waals surface area contributed by atoms with Crippen molar-refractivity contribution in [2.45, 2.75) is 57.3 Å². The third kappa shape index (κ3) is 7.70. The van der Waals surface area contributed by atoms with Gasteiger partial charge in [-0.15, -0.1) is 0 Å². The molecule has 0 spiro atoms. The highest BCUT2D eigenvalue weighted by atomic mass is 19.1. The quantitative estimate of drug-likeness (QED) is 0.104. The number of nitrogens with zero attached hydrogens (tertiary/aromatic N) is 1. The van der Waals surface area contributed by atoms with Crippen LogP contribution in [0.4, 0.5) is 14.5 Å². The fourth-order valence-corrected chi connectivity index (χ4v) is 6.22. The van der Waals surface area contributed by atoms with Crippen molar-refractivity contribution in [3.63, 3.8) is 0 Å². The zero-order chi connectivity index (χ0) is 34.4. The average Bonchev–Trinajstić information content (AvgIpc) is 3.41. The lowest BCUT2D eigenvalue weighted by molar-refractivity contribution is -0.142. The maximum absolute atomic E-state index is 14.2. The third-order valence-corrected chi connectivity index (χ3v) is 8.37. The number of nitrogens with one attached hydrogen (secondary N) is 1. The van der Waals surface area contributed by atoms with Gasteiger partial charge in [-0.05, 0) is 77.6 Å². The van der Waals surface area contributed by atoms with Crippen LogP contribution >= 0.6 is 0 Å². The molecular weight excluding hydrogens is 614 g/mol. The smallest absolute Gasteiger partial charge is 0.313 e. The molecule has 0 aliphatic carbocycles. The van der Waals surface area contributed by atoms with Crippen LogP contribution in [0, 0.1) is 11.6 Å². The Morgan fingerprint density at radius 1 is 0.771 bits per heavy atom. The van der Waals surface area contributed by atoms with Crippen LogP contribution in [0.5, 0.6) is 0 Å². The van der Waals surface area contributed by atoms with Crippen molar-refractivity contribution in [1.82, 2.24) is 4.57 Å². The Balaban J connectivity index is 1.57. The van der Waals surface area contributed by atoms with Crippen molar-refractivity contribution in [2.24, 2.45) is 0 Å². The number of rotatable bonds is 13. The highest BCUT2D eigenvalue weighted by Gasteiger charge is 2.33. The SMILES string of the molecule is CC(C)c1c(C(=O)Nc2ccccc2)c(-c2ccccc2)c(-c2ccc(F)cc2)n1CC[C@@H](O)C[C@@H](O)[C@H](C(=O)O)c1ccc(F)cc1. The van der Waals surface area contributed by atoms with Crippen LogP contribution in [-0.2, 0) is 11.3 Å². The number of hydrogen-bond acceptors (Lipinski definition) is 4. The van der Waals surface area contributed by atoms with Gasteiger partial charge in [-0.25, -0.2) is 8.78 Å². The second-order valence-corrected chi connectivity index (χ2v) is 12.1. The molecule has 1 heterocycles. The Morgan fingerprint density at radius 2 is 1.33 bits per heavy atom. The summed E-state index contributed by atoms with van der Waals surface area (Å²) < 4.78 is 29.6. The Hall–Kier alpha value is -5.12. The Kier molecular flexibility index (Phi) is 10.8. The first-order chi connectivity index (χ1) is 23.0. The average molecular weight is 653 g/mol. The van der Waals surface area contributed by atoms with Gasteiger partial charge in [-0.1, -0.05) is 74.5 Å². The first kappa shape index (κ1) is 34.2. The minimum atomic E-state index is -1.46. The molecule has 0 fully saturated rings. The van der Waals surface area contributed by atoms with Crippen LogP contribution in [0.1, 0.15) is 60.1 Å². The summed E-state index contributed by atoms with van der Waals surface area (Å²) in [4.78, 5) is 26.3. The fraction of sp³-hybridized carbons (Fsp3) is 0.231. The summed E-state index contributed by atoms with van der Waals surface area (Å²) in [7, 11) is 0. The van der Waals surface area contributed by atoms with Crippen LogP contribution in [0.15, 0.2) is 109 Å². The molecule has 4 N–H and O–H groups in total. The van der Waals surface area contributed by atoms with Crippen LogP contribution in [-0.4, -0.2) is 44.0 Å². The Morgan fingerprint density at radius 3 is 1.90 bits per heavy atom. The lowest BCUT2D eigenvalue weighted by atomic mass is 9.89. The molecule has 0 aliphatic heterocycles. The van der Waals surface area contributed by atoms with Crippen molar-refractivity contribution >= 4 is 17.6 Å². The summed E-state index contributed by atoms with van der Waals surface area (Å²) in [6.45, 7) is 4.13. The molecular formula is C39H38F2N2O5. The molecule has 0 radical (unpaired) electrons. The van der Waals surface area contributed by atoms with E-state index in [1.165, 1.54) is 24.3 Å². The Labute approximate surface area is 278 Å². The van der Waals surface area contributed by atoms with E-state index in [1.54, 1.807) is 24.3 Å². The van der Waals surface area contributed by atoms with E-state index >= 15 is 0 Å². The lowest BCUT2D eigenvalue weighted by Crippen LogP contribution is -2.30. The van der Waals surface area contributed by atoms with Gasteiger partial charge < -0.3 is 25.2 Å². The van der Waals surface area contributed by atoms with Gasteiger partial charge in [0.15, 0.2) is 0 Å². The second-order valence-electron chi connectivity index (χ2n) is 12.1. The number of carbonyl (C=O) groups excluding carboxylic acids is 1. The van der Waals surface area contributed by atoms with Crippen molar-refractivity contribution in [3.8, 4) is 22.4 Å². The largest absolute Gasteiger partial charge is 0.481 e. The molecule has 1 amide bonds. The van der Waals surface area contributed by atoms with Crippen LogP contribution in [0.3, 0.4) is 0 Å². The second kappa shape index (κ2) is 15.2.